The van der Waals surface area contributed by atoms with E-state index in [1.165, 1.54) is 0 Å². The number of rotatable bonds is 7. The van der Waals surface area contributed by atoms with Crippen molar-refractivity contribution in [3.63, 3.8) is 0 Å². The third-order valence-corrected chi connectivity index (χ3v) is 3.14. The van der Waals surface area contributed by atoms with Crippen LogP contribution < -0.4 is 16.1 Å². The Hall–Kier alpha value is -1.65. The van der Waals surface area contributed by atoms with Crippen molar-refractivity contribution in [3.8, 4) is 0 Å². The first-order valence-corrected chi connectivity index (χ1v) is 6.83. The van der Waals surface area contributed by atoms with E-state index in [1.807, 2.05) is 30.5 Å². The van der Waals surface area contributed by atoms with Gasteiger partial charge in [-0.25, -0.2) is 0 Å². The Morgan fingerprint density at radius 1 is 1.16 bits per heavy atom. The molecular formula is C15H21N3O. The minimum atomic E-state index is 0.119. The molecule has 0 aliphatic carbocycles. The topological polar surface area (TPSA) is 56.9 Å². The van der Waals surface area contributed by atoms with Gasteiger partial charge >= 0.3 is 0 Å². The van der Waals surface area contributed by atoms with Crippen LogP contribution in [0.25, 0.3) is 10.9 Å². The molecule has 0 amide bonds. The number of H-pyrrole nitrogens is 1. The van der Waals surface area contributed by atoms with Crippen molar-refractivity contribution in [1.29, 1.82) is 0 Å². The second kappa shape index (κ2) is 7.07. The third kappa shape index (κ3) is 3.66. The molecule has 0 bridgehead atoms. The molecule has 1 aromatic heterocycles. The molecule has 0 radical (unpaired) electrons. The normalized spacial score (nSPS) is 11.0. The van der Waals surface area contributed by atoms with Crippen molar-refractivity contribution in [2.24, 2.45) is 0 Å². The fourth-order valence-corrected chi connectivity index (χ4v) is 2.08. The van der Waals surface area contributed by atoms with E-state index >= 15 is 0 Å². The van der Waals surface area contributed by atoms with E-state index in [4.69, 9.17) is 0 Å². The fourth-order valence-electron chi connectivity index (χ4n) is 2.08. The summed E-state index contributed by atoms with van der Waals surface area (Å²) in [6, 6.07) is 7.61. The van der Waals surface area contributed by atoms with Crippen LogP contribution in [0.15, 0.2) is 35.3 Å². The Kier molecular flexibility index (Phi) is 5.12. The minimum absolute atomic E-state index is 0.119. The molecule has 102 valence electrons. The summed E-state index contributed by atoms with van der Waals surface area (Å²) in [5, 5.41) is 7.34. The molecule has 0 aliphatic heterocycles. The summed E-state index contributed by atoms with van der Waals surface area (Å²) in [6.07, 6.45) is 2.88. The van der Waals surface area contributed by atoms with Crippen molar-refractivity contribution >= 4 is 10.9 Å². The molecule has 2 rings (SSSR count). The highest BCUT2D eigenvalue weighted by Gasteiger charge is 2.03. The molecule has 0 atom stereocenters. The smallest absolute Gasteiger partial charge is 0.193 e. The van der Waals surface area contributed by atoms with Crippen LogP contribution in [-0.2, 0) is 6.54 Å². The van der Waals surface area contributed by atoms with Crippen LogP contribution in [-0.4, -0.2) is 24.6 Å². The van der Waals surface area contributed by atoms with Gasteiger partial charge in [0, 0.05) is 29.2 Å². The number of hydrogen-bond donors (Lipinski definition) is 3. The number of aromatic nitrogens is 1. The first-order chi connectivity index (χ1) is 9.33. The van der Waals surface area contributed by atoms with Gasteiger partial charge in [-0.2, -0.15) is 0 Å². The van der Waals surface area contributed by atoms with E-state index in [0.29, 0.717) is 6.54 Å². The molecule has 4 heteroatoms. The van der Waals surface area contributed by atoms with Crippen molar-refractivity contribution < 1.29 is 0 Å². The highest BCUT2D eigenvalue weighted by Crippen LogP contribution is 2.06. The summed E-state index contributed by atoms with van der Waals surface area (Å²) in [4.78, 5) is 15.4. The van der Waals surface area contributed by atoms with E-state index in [2.05, 4.69) is 22.5 Å². The van der Waals surface area contributed by atoms with Gasteiger partial charge in [-0.1, -0.05) is 19.1 Å². The lowest BCUT2D eigenvalue weighted by Gasteiger charge is -2.06. The number of fused-ring (bicyclic) bond motifs is 1. The quantitative estimate of drug-likeness (QED) is 0.662. The zero-order chi connectivity index (χ0) is 13.5. The zero-order valence-electron chi connectivity index (χ0n) is 11.3. The maximum atomic E-state index is 12.2. The molecule has 3 N–H and O–H groups in total. The second-order valence-corrected chi connectivity index (χ2v) is 4.57. The van der Waals surface area contributed by atoms with Crippen LogP contribution in [0.2, 0.25) is 0 Å². The molecule has 4 nitrogen and oxygen atoms in total. The number of benzene rings is 1. The van der Waals surface area contributed by atoms with E-state index < -0.39 is 0 Å². The summed E-state index contributed by atoms with van der Waals surface area (Å²) in [7, 11) is 0. The summed E-state index contributed by atoms with van der Waals surface area (Å²) in [5.74, 6) is 0. The van der Waals surface area contributed by atoms with Crippen molar-refractivity contribution in [2.75, 3.05) is 19.6 Å². The molecule has 1 aromatic carbocycles. The average Bonchev–Trinajstić information content (AvgIpc) is 2.45. The predicted molar refractivity (Wildman–Crippen MR) is 79.4 cm³/mol. The maximum absolute atomic E-state index is 12.2. The number of hydrogen-bond acceptors (Lipinski definition) is 3. The number of aromatic amines is 1. The van der Waals surface area contributed by atoms with Crippen LogP contribution >= 0.6 is 0 Å². The van der Waals surface area contributed by atoms with Crippen molar-refractivity contribution in [3.05, 3.63) is 46.2 Å². The van der Waals surface area contributed by atoms with Gasteiger partial charge in [-0.3, -0.25) is 4.79 Å². The Balaban J connectivity index is 1.94. The molecule has 0 fully saturated rings. The summed E-state index contributed by atoms with van der Waals surface area (Å²) in [6.45, 7) is 5.65. The van der Waals surface area contributed by atoms with E-state index in [-0.39, 0.29) is 5.43 Å². The van der Waals surface area contributed by atoms with E-state index in [0.717, 1.165) is 42.5 Å². The van der Waals surface area contributed by atoms with Crippen LogP contribution in [0.3, 0.4) is 0 Å². The Bertz CT molecular complexity index is 577. The summed E-state index contributed by atoms with van der Waals surface area (Å²) >= 11 is 0. The van der Waals surface area contributed by atoms with Crippen molar-refractivity contribution in [2.45, 2.75) is 19.9 Å². The highest BCUT2D eigenvalue weighted by atomic mass is 16.1. The van der Waals surface area contributed by atoms with Crippen LogP contribution in [0, 0.1) is 0 Å². The zero-order valence-corrected chi connectivity index (χ0v) is 11.3. The van der Waals surface area contributed by atoms with Gasteiger partial charge in [0.1, 0.15) is 0 Å². The van der Waals surface area contributed by atoms with Gasteiger partial charge < -0.3 is 15.6 Å². The molecule has 0 saturated carbocycles. The lowest BCUT2D eigenvalue weighted by atomic mass is 10.1. The second-order valence-electron chi connectivity index (χ2n) is 4.57. The number of pyridine rings is 1. The molecule has 0 saturated heterocycles. The highest BCUT2D eigenvalue weighted by molar-refractivity contribution is 5.78. The molecule has 19 heavy (non-hydrogen) atoms. The van der Waals surface area contributed by atoms with Crippen molar-refractivity contribution in [1.82, 2.24) is 15.6 Å². The first-order valence-electron chi connectivity index (χ1n) is 6.83. The molecule has 0 aliphatic rings. The van der Waals surface area contributed by atoms with Gasteiger partial charge in [0.2, 0.25) is 0 Å². The first kappa shape index (κ1) is 13.8. The number of para-hydroxylation sites is 1. The summed E-state index contributed by atoms with van der Waals surface area (Å²) < 4.78 is 0. The van der Waals surface area contributed by atoms with Crippen LogP contribution in [0.4, 0.5) is 0 Å². The average molecular weight is 259 g/mol. The molecular weight excluding hydrogens is 238 g/mol. The third-order valence-electron chi connectivity index (χ3n) is 3.14. The Labute approximate surface area is 113 Å². The lowest BCUT2D eigenvalue weighted by molar-refractivity contribution is 0.605. The van der Waals surface area contributed by atoms with Crippen LogP contribution in [0.1, 0.15) is 18.9 Å². The molecule has 1 heterocycles. The standard InChI is InChI=1S/C15H21N3O/c1-2-16-8-5-9-17-10-12-11-18-14-7-4-3-6-13(14)15(12)19/h3-4,6-7,11,16-17H,2,5,8-10H2,1H3,(H,18,19). The van der Waals surface area contributed by atoms with E-state index in [1.54, 1.807) is 0 Å². The Morgan fingerprint density at radius 2 is 1.95 bits per heavy atom. The van der Waals surface area contributed by atoms with Gasteiger partial charge in [-0.15, -0.1) is 0 Å². The lowest BCUT2D eigenvalue weighted by Crippen LogP contribution is -2.24. The number of nitrogens with one attached hydrogen (secondary N) is 3. The van der Waals surface area contributed by atoms with Gasteiger partial charge in [0.15, 0.2) is 5.43 Å². The van der Waals surface area contributed by atoms with E-state index in [9.17, 15) is 4.79 Å². The summed E-state index contributed by atoms with van der Waals surface area (Å²) in [5.41, 5.74) is 1.80. The molecule has 0 unspecified atom stereocenters. The van der Waals surface area contributed by atoms with Gasteiger partial charge in [-0.05, 0) is 38.2 Å². The Morgan fingerprint density at radius 3 is 2.79 bits per heavy atom. The van der Waals surface area contributed by atoms with Gasteiger partial charge in [0.25, 0.3) is 0 Å². The predicted octanol–water partition coefficient (Wildman–Crippen LogP) is 1.62. The SMILES string of the molecule is CCNCCCNCc1c[nH]c2ccccc2c1=O. The van der Waals surface area contributed by atoms with Gasteiger partial charge in [0.05, 0.1) is 0 Å². The maximum Gasteiger partial charge on any atom is 0.193 e. The molecule has 2 aromatic rings. The monoisotopic (exact) mass is 259 g/mol. The minimum Gasteiger partial charge on any atom is -0.361 e. The largest absolute Gasteiger partial charge is 0.361 e. The fraction of sp³-hybridized carbons (Fsp3) is 0.400. The van der Waals surface area contributed by atoms with Crippen LogP contribution in [0.5, 0.6) is 0 Å². The molecule has 0 spiro atoms.